The van der Waals surface area contributed by atoms with Gasteiger partial charge in [-0.1, -0.05) is 17.7 Å². The van der Waals surface area contributed by atoms with Crippen molar-refractivity contribution in [1.82, 2.24) is 5.32 Å². The summed E-state index contributed by atoms with van der Waals surface area (Å²) in [6.07, 6.45) is 8.89. The highest BCUT2D eigenvalue weighted by Crippen LogP contribution is 2.04. The van der Waals surface area contributed by atoms with Gasteiger partial charge in [-0.15, -0.1) is 0 Å². The smallest absolute Gasteiger partial charge is 0.144 e. The van der Waals surface area contributed by atoms with Crippen molar-refractivity contribution in [2.24, 2.45) is 21.5 Å². The molecule has 5 nitrogen and oxygen atoms in total. The maximum absolute atomic E-state index is 5.93. The van der Waals surface area contributed by atoms with Crippen LogP contribution in [0, 0.1) is 0 Å². The molecule has 0 bridgehead atoms. The van der Waals surface area contributed by atoms with Gasteiger partial charge in [0.1, 0.15) is 5.16 Å². The van der Waals surface area contributed by atoms with Gasteiger partial charge in [0.15, 0.2) is 0 Å². The number of nitrogens with zero attached hydrogens (tertiary/aromatic N) is 2. The van der Waals surface area contributed by atoms with Crippen molar-refractivity contribution in [2.75, 3.05) is 19.6 Å². The fourth-order valence-corrected chi connectivity index (χ4v) is 1.45. The van der Waals surface area contributed by atoms with Crippen LogP contribution in [0.4, 0.5) is 0 Å². The van der Waals surface area contributed by atoms with E-state index in [1.165, 1.54) is 0 Å². The first kappa shape index (κ1) is 18.8. The first-order chi connectivity index (χ1) is 9.63. The molecule has 0 saturated carbocycles. The van der Waals surface area contributed by atoms with Gasteiger partial charge in [-0.25, -0.2) is 4.99 Å². The van der Waals surface area contributed by atoms with Crippen molar-refractivity contribution >= 4 is 24.0 Å². The number of halogens is 1. The van der Waals surface area contributed by atoms with E-state index < -0.39 is 0 Å². The number of rotatable bonds is 10. The zero-order valence-corrected chi connectivity index (χ0v) is 13.1. The number of hydrogen-bond acceptors (Lipinski definition) is 5. The predicted molar refractivity (Wildman–Crippen MR) is 89.5 cm³/mol. The molecule has 0 spiro atoms. The van der Waals surface area contributed by atoms with Crippen LogP contribution in [0.25, 0.3) is 0 Å². The van der Waals surface area contributed by atoms with E-state index >= 15 is 0 Å². The van der Waals surface area contributed by atoms with Gasteiger partial charge >= 0.3 is 0 Å². The van der Waals surface area contributed by atoms with Gasteiger partial charge in [0.05, 0.1) is 0 Å². The largest absolute Gasteiger partial charge is 0.387 e. The Bertz CT molecular complexity index is 361. The van der Waals surface area contributed by atoms with Crippen LogP contribution in [0.15, 0.2) is 33.0 Å². The SMILES string of the molecule is C\C=C(/C=N/C(Cl)=C\NCCN)C/C=N/C(C)CCN. The summed E-state index contributed by atoms with van der Waals surface area (Å²) in [6.45, 7) is 5.90. The van der Waals surface area contributed by atoms with Crippen molar-refractivity contribution in [1.29, 1.82) is 0 Å². The molecule has 0 aliphatic carbocycles. The minimum absolute atomic E-state index is 0.263. The number of hydrogen-bond donors (Lipinski definition) is 3. The highest BCUT2D eigenvalue weighted by molar-refractivity contribution is 6.29. The summed E-state index contributed by atoms with van der Waals surface area (Å²) in [7, 11) is 0. The molecule has 0 aliphatic rings. The third-order valence-corrected chi connectivity index (χ3v) is 2.71. The molecule has 0 saturated heterocycles. The topological polar surface area (TPSA) is 88.8 Å². The lowest BCUT2D eigenvalue weighted by Gasteiger charge is -2.02. The van der Waals surface area contributed by atoms with Crippen molar-refractivity contribution in [3.05, 3.63) is 23.0 Å². The lowest BCUT2D eigenvalue weighted by atomic mass is 10.2. The average molecular weight is 300 g/mol. The Hall–Kier alpha value is -1.17. The maximum atomic E-state index is 5.93. The van der Waals surface area contributed by atoms with E-state index in [2.05, 4.69) is 22.2 Å². The van der Waals surface area contributed by atoms with E-state index in [1.807, 2.05) is 19.2 Å². The lowest BCUT2D eigenvalue weighted by molar-refractivity contribution is 0.680. The molecule has 1 unspecified atom stereocenters. The number of allylic oxidation sites excluding steroid dienone is 2. The van der Waals surface area contributed by atoms with Gasteiger partial charge in [0.2, 0.25) is 0 Å². The second-order valence-corrected chi connectivity index (χ2v) is 4.68. The Morgan fingerprint density at radius 3 is 2.70 bits per heavy atom. The van der Waals surface area contributed by atoms with Crippen molar-refractivity contribution in [3.8, 4) is 0 Å². The molecule has 20 heavy (non-hydrogen) atoms. The molecule has 0 rings (SSSR count). The number of aliphatic imine (C=N–C) groups is 2. The molecule has 0 aromatic carbocycles. The first-order valence-electron chi connectivity index (χ1n) is 6.84. The van der Waals surface area contributed by atoms with E-state index in [-0.39, 0.29) is 6.04 Å². The molecule has 0 fully saturated rings. The van der Waals surface area contributed by atoms with Crippen LogP contribution in [0.5, 0.6) is 0 Å². The molecule has 0 heterocycles. The van der Waals surface area contributed by atoms with E-state index in [0.29, 0.717) is 24.8 Å². The molecule has 0 amide bonds. The molecule has 5 N–H and O–H groups in total. The Labute approximate surface area is 126 Å². The van der Waals surface area contributed by atoms with Crippen molar-refractivity contribution in [3.63, 3.8) is 0 Å². The van der Waals surface area contributed by atoms with Gasteiger partial charge < -0.3 is 16.8 Å². The van der Waals surface area contributed by atoms with Crippen LogP contribution in [0.1, 0.15) is 26.7 Å². The van der Waals surface area contributed by atoms with Gasteiger partial charge in [-0.2, -0.15) is 0 Å². The minimum atomic E-state index is 0.263. The van der Waals surface area contributed by atoms with E-state index in [9.17, 15) is 0 Å². The molecule has 6 heteroatoms. The van der Waals surface area contributed by atoms with Crippen molar-refractivity contribution < 1.29 is 0 Å². The molecule has 114 valence electrons. The second-order valence-electron chi connectivity index (χ2n) is 4.29. The Kier molecular flexibility index (Phi) is 12.1. The molecular weight excluding hydrogens is 274 g/mol. The third-order valence-electron chi connectivity index (χ3n) is 2.51. The van der Waals surface area contributed by atoms with Crippen LogP contribution in [-0.4, -0.2) is 38.1 Å². The van der Waals surface area contributed by atoms with E-state index in [4.69, 9.17) is 23.1 Å². The van der Waals surface area contributed by atoms with Gasteiger partial charge in [0, 0.05) is 44.2 Å². The normalized spacial score (nSPS) is 15.2. The summed E-state index contributed by atoms with van der Waals surface area (Å²) in [5, 5.41) is 3.35. The fraction of sp³-hybridized carbons (Fsp3) is 0.571. The van der Waals surface area contributed by atoms with Gasteiger partial charge in [0.25, 0.3) is 0 Å². The van der Waals surface area contributed by atoms with Crippen LogP contribution in [0.2, 0.25) is 0 Å². The maximum Gasteiger partial charge on any atom is 0.144 e. The summed E-state index contributed by atoms with van der Waals surface area (Å²) < 4.78 is 0. The predicted octanol–water partition coefficient (Wildman–Crippen LogP) is 1.79. The zero-order chi connectivity index (χ0) is 15.2. The molecular formula is C14H26ClN5. The van der Waals surface area contributed by atoms with Gasteiger partial charge in [-0.3, -0.25) is 4.99 Å². The molecule has 1 atom stereocenters. The van der Waals surface area contributed by atoms with Crippen LogP contribution in [-0.2, 0) is 0 Å². The lowest BCUT2D eigenvalue weighted by Crippen LogP contribution is -2.17. The molecule has 0 aliphatic heterocycles. The Morgan fingerprint density at radius 2 is 2.10 bits per heavy atom. The molecule has 0 aromatic rings. The van der Waals surface area contributed by atoms with Crippen LogP contribution in [0.3, 0.4) is 0 Å². The molecule has 0 aromatic heterocycles. The number of nitrogens with one attached hydrogen (secondary N) is 1. The Morgan fingerprint density at radius 1 is 1.35 bits per heavy atom. The van der Waals surface area contributed by atoms with E-state index in [1.54, 1.807) is 12.4 Å². The highest BCUT2D eigenvalue weighted by Gasteiger charge is 1.95. The summed E-state index contributed by atoms with van der Waals surface area (Å²) in [5.74, 6) is 0. The van der Waals surface area contributed by atoms with Crippen LogP contribution < -0.4 is 16.8 Å². The standard InChI is InChI=1S/C14H26ClN5/c1-3-13(5-8-19-12(2)4-6-16)10-20-14(15)11-18-9-7-17/h3,8,10-12,18H,4-7,9,16-17H2,1-2H3/b13-3-,14-11-,19-8+,20-10+. The quantitative estimate of drug-likeness (QED) is 0.326. The minimum Gasteiger partial charge on any atom is -0.387 e. The van der Waals surface area contributed by atoms with E-state index in [0.717, 1.165) is 18.4 Å². The first-order valence-corrected chi connectivity index (χ1v) is 7.21. The average Bonchev–Trinajstić information content (AvgIpc) is 2.43. The highest BCUT2D eigenvalue weighted by atomic mass is 35.5. The summed E-state index contributed by atoms with van der Waals surface area (Å²) in [4.78, 5) is 8.56. The second kappa shape index (κ2) is 12.8. The third kappa shape index (κ3) is 10.7. The van der Waals surface area contributed by atoms with Gasteiger partial charge in [-0.05, 0) is 32.4 Å². The van der Waals surface area contributed by atoms with Crippen molar-refractivity contribution in [2.45, 2.75) is 32.7 Å². The summed E-state index contributed by atoms with van der Waals surface area (Å²) in [6, 6.07) is 0.263. The summed E-state index contributed by atoms with van der Waals surface area (Å²) >= 11 is 5.93. The van der Waals surface area contributed by atoms with Crippen LogP contribution >= 0.6 is 11.6 Å². The zero-order valence-electron chi connectivity index (χ0n) is 12.3. The Balaban J connectivity index is 4.25. The molecule has 0 radical (unpaired) electrons. The fourth-order valence-electron chi connectivity index (χ4n) is 1.32. The summed E-state index contributed by atoms with van der Waals surface area (Å²) in [5.41, 5.74) is 11.9. The number of nitrogens with two attached hydrogens (primary N) is 2. The monoisotopic (exact) mass is 299 g/mol.